The second-order valence-corrected chi connectivity index (χ2v) is 3.53. The highest BCUT2D eigenvalue weighted by Crippen LogP contribution is 2.38. The third-order valence-electron chi connectivity index (χ3n) is 2.42. The van der Waals surface area contributed by atoms with Crippen LogP contribution in [-0.4, -0.2) is 12.3 Å². The molecule has 0 bridgehead atoms. The van der Waals surface area contributed by atoms with E-state index in [2.05, 4.69) is 0 Å². The highest BCUT2D eigenvalue weighted by atomic mass is 19.4. The Labute approximate surface area is 84.8 Å². The SMILES string of the molecule is NC1CC(C(F)(F)F)Oc2ccccc21. The summed E-state index contributed by atoms with van der Waals surface area (Å²) in [7, 11) is 0. The monoisotopic (exact) mass is 217 g/mol. The molecule has 1 aromatic carbocycles. The van der Waals surface area contributed by atoms with E-state index in [1.807, 2.05) is 0 Å². The molecule has 2 nitrogen and oxygen atoms in total. The summed E-state index contributed by atoms with van der Waals surface area (Å²) in [5, 5.41) is 0. The number of halogens is 3. The van der Waals surface area contributed by atoms with Crippen LogP contribution in [0.5, 0.6) is 5.75 Å². The van der Waals surface area contributed by atoms with Crippen LogP contribution in [0.3, 0.4) is 0 Å². The van der Waals surface area contributed by atoms with Gasteiger partial charge in [0.2, 0.25) is 0 Å². The molecule has 2 unspecified atom stereocenters. The van der Waals surface area contributed by atoms with Gasteiger partial charge in [-0.25, -0.2) is 0 Å². The molecule has 82 valence electrons. The Balaban J connectivity index is 2.30. The average molecular weight is 217 g/mol. The lowest BCUT2D eigenvalue weighted by molar-refractivity contribution is -0.200. The zero-order chi connectivity index (χ0) is 11.1. The van der Waals surface area contributed by atoms with Crippen molar-refractivity contribution in [2.75, 3.05) is 0 Å². The summed E-state index contributed by atoms with van der Waals surface area (Å²) in [6.07, 6.45) is -6.37. The number of fused-ring (bicyclic) bond motifs is 1. The Morgan fingerprint density at radius 2 is 1.93 bits per heavy atom. The van der Waals surface area contributed by atoms with Gasteiger partial charge in [-0.3, -0.25) is 0 Å². The molecule has 5 heteroatoms. The topological polar surface area (TPSA) is 35.2 Å². The van der Waals surface area contributed by atoms with Crippen LogP contribution in [-0.2, 0) is 0 Å². The normalized spacial score (nSPS) is 25.6. The maximum Gasteiger partial charge on any atom is 0.425 e. The molecule has 1 aliphatic heterocycles. The van der Waals surface area contributed by atoms with Crippen molar-refractivity contribution in [3.8, 4) is 5.75 Å². The van der Waals surface area contributed by atoms with Crippen molar-refractivity contribution in [3.05, 3.63) is 29.8 Å². The van der Waals surface area contributed by atoms with Crippen LogP contribution in [0, 0.1) is 0 Å². The summed E-state index contributed by atoms with van der Waals surface area (Å²) in [5.74, 6) is 0.235. The molecule has 1 aromatic rings. The number of ether oxygens (including phenoxy) is 1. The van der Waals surface area contributed by atoms with E-state index in [-0.39, 0.29) is 12.2 Å². The summed E-state index contributed by atoms with van der Waals surface area (Å²) >= 11 is 0. The minimum absolute atomic E-state index is 0.222. The van der Waals surface area contributed by atoms with Crippen LogP contribution in [0.2, 0.25) is 0 Å². The molecular formula is C10H10F3NO. The van der Waals surface area contributed by atoms with Gasteiger partial charge in [0.25, 0.3) is 0 Å². The van der Waals surface area contributed by atoms with E-state index < -0.39 is 18.3 Å². The number of nitrogens with two attached hydrogens (primary N) is 1. The molecule has 1 heterocycles. The third-order valence-corrected chi connectivity index (χ3v) is 2.42. The Morgan fingerprint density at radius 3 is 2.60 bits per heavy atom. The molecule has 0 saturated heterocycles. The third kappa shape index (κ3) is 1.92. The van der Waals surface area contributed by atoms with Gasteiger partial charge in [-0.15, -0.1) is 0 Å². The molecule has 1 aliphatic rings. The zero-order valence-electron chi connectivity index (χ0n) is 7.79. The van der Waals surface area contributed by atoms with Crippen molar-refractivity contribution in [2.45, 2.75) is 24.7 Å². The molecule has 0 spiro atoms. The van der Waals surface area contributed by atoms with Gasteiger partial charge in [0.1, 0.15) is 5.75 Å². The lowest BCUT2D eigenvalue weighted by Crippen LogP contribution is -2.40. The first kappa shape index (κ1) is 10.3. The van der Waals surface area contributed by atoms with Crippen LogP contribution < -0.4 is 10.5 Å². The maximum absolute atomic E-state index is 12.4. The van der Waals surface area contributed by atoms with Crippen molar-refractivity contribution in [2.24, 2.45) is 5.73 Å². The van der Waals surface area contributed by atoms with Crippen LogP contribution in [0.25, 0.3) is 0 Å². The van der Waals surface area contributed by atoms with E-state index in [4.69, 9.17) is 10.5 Å². The highest BCUT2D eigenvalue weighted by Gasteiger charge is 2.45. The van der Waals surface area contributed by atoms with Crippen molar-refractivity contribution < 1.29 is 17.9 Å². The molecule has 15 heavy (non-hydrogen) atoms. The van der Waals surface area contributed by atoms with Crippen molar-refractivity contribution >= 4 is 0 Å². The van der Waals surface area contributed by atoms with Crippen LogP contribution in [0.15, 0.2) is 24.3 Å². The maximum atomic E-state index is 12.4. The Kier molecular flexibility index (Phi) is 2.34. The summed E-state index contributed by atoms with van der Waals surface area (Å²) in [4.78, 5) is 0. The van der Waals surface area contributed by atoms with Crippen molar-refractivity contribution in [1.82, 2.24) is 0 Å². The summed E-state index contributed by atoms with van der Waals surface area (Å²) in [6.45, 7) is 0. The fraction of sp³-hybridized carbons (Fsp3) is 0.400. The minimum Gasteiger partial charge on any atom is -0.481 e. The van der Waals surface area contributed by atoms with Crippen molar-refractivity contribution in [3.63, 3.8) is 0 Å². The van der Waals surface area contributed by atoms with Gasteiger partial charge >= 0.3 is 6.18 Å². The number of rotatable bonds is 0. The van der Waals surface area contributed by atoms with Gasteiger partial charge in [0, 0.05) is 18.0 Å². The smallest absolute Gasteiger partial charge is 0.425 e. The van der Waals surface area contributed by atoms with Crippen LogP contribution in [0.4, 0.5) is 13.2 Å². The van der Waals surface area contributed by atoms with Gasteiger partial charge in [-0.1, -0.05) is 18.2 Å². The fourth-order valence-electron chi connectivity index (χ4n) is 1.65. The first-order valence-electron chi connectivity index (χ1n) is 4.56. The molecule has 0 aliphatic carbocycles. The summed E-state index contributed by atoms with van der Waals surface area (Å²) in [5.41, 5.74) is 6.29. The molecule has 2 rings (SSSR count). The summed E-state index contributed by atoms with van der Waals surface area (Å²) in [6, 6.07) is 5.95. The zero-order valence-corrected chi connectivity index (χ0v) is 7.79. The van der Waals surface area contributed by atoms with E-state index >= 15 is 0 Å². The van der Waals surface area contributed by atoms with Gasteiger partial charge < -0.3 is 10.5 Å². The molecule has 0 saturated carbocycles. The molecule has 0 amide bonds. The molecule has 2 N–H and O–H groups in total. The number of hydrogen-bond acceptors (Lipinski definition) is 2. The highest BCUT2D eigenvalue weighted by molar-refractivity contribution is 5.37. The van der Waals surface area contributed by atoms with E-state index in [0.29, 0.717) is 5.56 Å². The van der Waals surface area contributed by atoms with Gasteiger partial charge in [-0.2, -0.15) is 13.2 Å². The number of hydrogen-bond donors (Lipinski definition) is 1. The van der Waals surface area contributed by atoms with E-state index in [9.17, 15) is 13.2 Å². The summed E-state index contributed by atoms with van der Waals surface area (Å²) < 4.78 is 42.1. The first-order chi connectivity index (χ1) is 6.98. The van der Waals surface area contributed by atoms with E-state index in [1.165, 1.54) is 6.07 Å². The molecule has 2 atom stereocenters. The quantitative estimate of drug-likeness (QED) is 0.724. The van der Waals surface area contributed by atoms with Gasteiger partial charge in [-0.05, 0) is 6.07 Å². The second-order valence-electron chi connectivity index (χ2n) is 3.53. The van der Waals surface area contributed by atoms with Crippen LogP contribution in [0.1, 0.15) is 18.0 Å². The van der Waals surface area contributed by atoms with Gasteiger partial charge in [0.15, 0.2) is 6.10 Å². The number of benzene rings is 1. The molecule has 0 aromatic heterocycles. The number of para-hydroxylation sites is 1. The van der Waals surface area contributed by atoms with Crippen molar-refractivity contribution in [1.29, 1.82) is 0 Å². The molecular weight excluding hydrogens is 207 g/mol. The van der Waals surface area contributed by atoms with Crippen LogP contribution >= 0.6 is 0 Å². The minimum atomic E-state index is -4.36. The van der Waals surface area contributed by atoms with E-state index in [1.54, 1.807) is 18.2 Å². The molecule has 0 fully saturated rings. The second kappa shape index (κ2) is 3.41. The first-order valence-corrected chi connectivity index (χ1v) is 4.56. The number of alkyl halides is 3. The van der Waals surface area contributed by atoms with Gasteiger partial charge in [0.05, 0.1) is 0 Å². The fourth-order valence-corrected chi connectivity index (χ4v) is 1.65. The lowest BCUT2D eigenvalue weighted by Gasteiger charge is -2.31. The lowest BCUT2D eigenvalue weighted by atomic mass is 9.97. The predicted octanol–water partition coefficient (Wildman–Crippen LogP) is 2.40. The standard InChI is InChI=1S/C10H10F3NO/c11-10(12,13)9-5-7(14)6-3-1-2-4-8(6)15-9/h1-4,7,9H,5,14H2. The predicted molar refractivity (Wildman–Crippen MR) is 48.5 cm³/mol. The Hall–Kier alpha value is -1.23. The Bertz CT molecular complexity index is 364. The Morgan fingerprint density at radius 1 is 1.27 bits per heavy atom. The average Bonchev–Trinajstić information content (AvgIpc) is 2.16. The molecule has 0 radical (unpaired) electrons. The van der Waals surface area contributed by atoms with E-state index in [0.717, 1.165) is 0 Å². The largest absolute Gasteiger partial charge is 0.481 e.